The minimum atomic E-state index is -0.187. The molecule has 1 aromatic rings. The number of hydrogen-bond acceptors (Lipinski definition) is 3. The molecule has 0 bridgehead atoms. The highest BCUT2D eigenvalue weighted by Crippen LogP contribution is 2.17. The molecule has 0 aliphatic carbocycles. The van der Waals surface area contributed by atoms with Crippen molar-refractivity contribution in [3.63, 3.8) is 0 Å². The number of halogens is 2. The molecule has 0 spiro atoms. The van der Waals surface area contributed by atoms with Crippen molar-refractivity contribution in [2.75, 3.05) is 39.0 Å². The quantitative estimate of drug-likeness (QED) is 0.189. The number of likely N-dealkylation sites (tertiary alicyclic amines) is 1. The van der Waals surface area contributed by atoms with Crippen LogP contribution in [0.2, 0.25) is 0 Å². The summed E-state index contributed by atoms with van der Waals surface area (Å²) in [5.74, 6) is 1.61. The number of rotatable bonds is 8. The summed E-state index contributed by atoms with van der Waals surface area (Å²) < 4.78 is 12.9. The van der Waals surface area contributed by atoms with Crippen LogP contribution < -0.4 is 10.6 Å². The number of aliphatic imine (C=N–C) groups is 1. The van der Waals surface area contributed by atoms with Gasteiger partial charge in [0.25, 0.3) is 0 Å². The van der Waals surface area contributed by atoms with Gasteiger partial charge in [-0.2, -0.15) is 0 Å². The summed E-state index contributed by atoms with van der Waals surface area (Å²) >= 11 is 1.72. The number of nitrogens with one attached hydrogen (secondary N) is 2. The highest BCUT2D eigenvalue weighted by Gasteiger charge is 2.19. The molecule has 2 rings (SSSR count). The molecule has 0 aromatic heterocycles. The number of unbranched alkanes of at least 4 members (excludes halogenated alkanes) is 1. The zero-order valence-corrected chi connectivity index (χ0v) is 19.0. The number of thioether (sulfide) groups is 1. The van der Waals surface area contributed by atoms with Crippen molar-refractivity contribution >= 4 is 41.7 Å². The standard InChI is InChI=1S/C19H31FN4S.HI/c1-3-4-12-24-13-9-17(10-14-24)23-19(21-2)22-11-15-25-18-7-5-16(20)6-8-18;/h5-8,17H,3-4,9-15H2,1-2H3,(H2,21,22,23);1H. The van der Waals surface area contributed by atoms with Crippen LogP contribution in [0.5, 0.6) is 0 Å². The van der Waals surface area contributed by atoms with Crippen LogP contribution in [0.25, 0.3) is 0 Å². The van der Waals surface area contributed by atoms with Gasteiger partial charge in [0.05, 0.1) is 0 Å². The third-order valence-corrected chi connectivity index (χ3v) is 5.47. The molecule has 7 heteroatoms. The fourth-order valence-electron chi connectivity index (χ4n) is 2.94. The minimum Gasteiger partial charge on any atom is -0.356 e. The summed E-state index contributed by atoms with van der Waals surface area (Å²) in [5.41, 5.74) is 0. The van der Waals surface area contributed by atoms with Gasteiger partial charge in [0.15, 0.2) is 5.96 Å². The van der Waals surface area contributed by atoms with Crippen molar-refractivity contribution in [2.24, 2.45) is 4.99 Å². The van der Waals surface area contributed by atoms with Gasteiger partial charge < -0.3 is 15.5 Å². The molecule has 1 aliphatic heterocycles. The average Bonchev–Trinajstić information content (AvgIpc) is 2.65. The largest absolute Gasteiger partial charge is 0.356 e. The zero-order chi connectivity index (χ0) is 17.9. The molecule has 1 saturated heterocycles. The van der Waals surface area contributed by atoms with Crippen molar-refractivity contribution in [1.82, 2.24) is 15.5 Å². The first-order valence-electron chi connectivity index (χ1n) is 9.29. The maximum Gasteiger partial charge on any atom is 0.191 e. The van der Waals surface area contributed by atoms with E-state index in [4.69, 9.17) is 0 Å². The van der Waals surface area contributed by atoms with Crippen LogP contribution in [0.1, 0.15) is 32.6 Å². The van der Waals surface area contributed by atoms with Crippen LogP contribution in [0, 0.1) is 5.82 Å². The lowest BCUT2D eigenvalue weighted by Gasteiger charge is -2.33. The van der Waals surface area contributed by atoms with Gasteiger partial charge in [0, 0.05) is 43.4 Å². The van der Waals surface area contributed by atoms with Gasteiger partial charge in [-0.15, -0.1) is 35.7 Å². The Morgan fingerprint density at radius 1 is 1.27 bits per heavy atom. The Hall–Kier alpha value is -0.540. The summed E-state index contributed by atoms with van der Waals surface area (Å²) in [6.07, 6.45) is 4.92. The second-order valence-corrected chi connectivity index (χ2v) is 7.58. The minimum absolute atomic E-state index is 0. The predicted molar refractivity (Wildman–Crippen MR) is 121 cm³/mol. The molecule has 1 aliphatic rings. The first-order chi connectivity index (χ1) is 12.2. The van der Waals surface area contributed by atoms with Crippen LogP contribution in [-0.2, 0) is 0 Å². The van der Waals surface area contributed by atoms with E-state index in [0.717, 1.165) is 23.2 Å². The Morgan fingerprint density at radius 2 is 1.96 bits per heavy atom. The van der Waals surface area contributed by atoms with Gasteiger partial charge in [0.1, 0.15) is 5.82 Å². The number of benzene rings is 1. The second kappa shape index (κ2) is 13.6. The molecule has 0 radical (unpaired) electrons. The SMILES string of the molecule is CCCCN1CCC(NC(=NC)NCCSc2ccc(F)cc2)CC1.I. The summed E-state index contributed by atoms with van der Waals surface area (Å²) in [7, 11) is 1.82. The maximum atomic E-state index is 12.9. The fourth-order valence-corrected chi connectivity index (χ4v) is 3.71. The van der Waals surface area contributed by atoms with E-state index in [9.17, 15) is 4.39 Å². The Kier molecular flexibility index (Phi) is 12.3. The van der Waals surface area contributed by atoms with E-state index in [1.807, 2.05) is 19.2 Å². The molecule has 0 amide bonds. The highest BCUT2D eigenvalue weighted by molar-refractivity contribution is 14.0. The van der Waals surface area contributed by atoms with Crippen LogP contribution in [0.3, 0.4) is 0 Å². The summed E-state index contributed by atoms with van der Waals surface area (Å²) in [5, 5.41) is 6.92. The second-order valence-electron chi connectivity index (χ2n) is 6.42. The van der Waals surface area contributed by atoms with Crippen molar-refractivity contribution in [3.8, 4) is 0 Å². The molecule has 2 N–H and O–H groups in total. The maximum absolute atomic E-state index is 12.9. The normalized spacial score (nSPS) is 16.2. The molecule has 4 nitrogen and oxygen atoms in total. The third-order valence-electron chi connectivity index (χ3n) is 4.46. The molecule has 1 fully saturated rings. The average molecular weight is 494 g/mol. The van der Waals surface area contributed by atoms with Crippen molar-refractivity contribution in [2.45, 2.75) is 43.5 Å². The molecule has 148 valence electrons. The van der Waals surface area contributed by atoms with Crippen molar-refractivity contribution in [1.29, 1.82) is 0 Å². The predicted octanol–water partition coefficient (Wildman–Crippen LogP) is 3.97. The molecule has 0 atom stereocenters. The van der Waals surface area contributed by atoms with Gasteiger partial charge >= 0.3 is 0 Å². The van der Waals surface area contributed by atoms with Crippen LogP contribution in [0.15, 0.2) is 34.2 Å². The zero-order valence-electron chi connectivity index (χ0n) is 15.8. The Bertz CT molecular complexity index is 519. The number of nitrogens with zero attached hydrogens (tertiary/aromatic N) is 2. The highest BCUT2D eigenvalue weighted by atomic mass is 127. The lowest BCUT2D eigenvalue weighted by atomic mass is 10.0. The van der Waals surface area contributed by atoms with E-state index in [2.05, 4.69) is 27.4 Å². The topological polar surface area (TPSA) is 39.7 Å². The molecule has 0 saturated carbocycles. The molecule has 1 aromatic carbocycles. The Labute approximate surface area is 178 Å². The lowest BCUT2D eigenvalue weighted by molar-refractivity contribution is 0.203. The Balaban J connectivity index is 0.00000338. The fraction of sp³-hybridized carbons (Fsp3) is 0.632. The van der Waals surface area contributed by atoms with Gasteiger partial charge in [-0.1, -0.05) is 13.3 Å². The molecule has 26 heavy (non-hydrogen) atoms. The monoisotopic (exact) mass is 494 g/mol. The summed E-state index contributed by atoms with van der Waals surface area (Å²) in [6.45, 7) is 6.66. The van der Waals surface area contributed by atoms with Crippen molar-refractivity contribution < 1.29 is 4.39 Å². The van der Waals surface area contributed by atoms with E-state index >= 15 is 0 Å². The first-order valence-corrected chi connectivity index (χ1v) is 10.3. The molecule has 1 heterocycles. The van der Waals surface area contributed by atoms with E-state index in [-0.39, 0.29) is 29.8 Å². The lowest BCUT2D eigenvalue weighted by Crippen LogP contribution is -2.49. The third kappa shape index (κ3) is 8.90. The van der Waals surface area contributed by atoms with E-state index in [1.54, 1.807) is 11.8 Å². The first kappa shape index (κ1) is 23.5. The van der Waals surface area contributed by atoms with E-state index in [0.29, 0.717) is 6.04 Å². The van der Waals surface area contributed by atoms with Gasteiger partial charge in [0.2, 0.25) is 0 Å². The van der Waals surface area contributed by atoms with Crippen molar-refractivity contribution in [3.05, 3.63) is 30.1 Å². The molecular formula is C19H32FIN4S. The molecular weight excluding hydrogens is 462 g/mol. The summed E-state index contributed by atoms with van der Waals surface area (Å²) in [4.78, 5) is 7.98. The van der Waals surface area contributed by atoms with Crippen LogP contribution in [0.4, 0.5) is 4.39 Å². The number of guanidine groups is 1. The van der Waals surface area contributed by atoms with Gasteiger partial charge in [-0.25, -0.2) is 4.39 Å². The Morgan fingerprint density at radius 3 is 2.58 bits per heavy atom. The van der Waals surface area contributed by atoms with E-state index in [1.165, 1.54) is 57.5 Å². The van der Waals surface area contributed by atoms with Crippen LogP contribution in [-0.4, -0.2) is 55.9 Å². The number of hydrogen-bond donors (Lipinski definition) is 2. The molecule has 0 unspecified atom stereocenters. The summed E-state index contributed by atoms with van der Waals surface area (Å²) in [6, 6.07) is 7.15. The van der Waals surface area contributed by atoms with Gasteiger partial charge in [-0.05, 0) is 50.1 Å². The smallest absolute Gasteiger partial charge is 0.191 e. The van der Waals surface area contributed by atoms with E-state index < -0.39 is 0 Å². The van der Waals surface area contributed by atoms with Gasteiger partial charge in [-0.3, -0.25) is 4.99 Å². The van der Waals surface area contributed by atoms with Crippen LogP contribution >= 0.6 is 35.7 Å². The number of piperidine rings is 1.